The number of aryl methyl sites for hydroxylation is 1. The van der Waals surface area contributed by atoms with Crippen LogP contribution in [0.3, 0.4) is 0 Å². The normalized spacial score (nSPS) is 12.2. The van der Waals surface area contributed by atoms with E-state index in [4.69, 9.17) is 4.74 Å². The molecule has 2 aromatic rings. The Morgan fingerprint density at radius 2 is 1.76 bits per heavy atom. The zero-order valence-corrected chi connectivity index (χ0v) is 17.9. The second-order valence-electron chi connectivity index (χ2n) is 6.31. The summed E-state index contributed by atoms with van der Waals surface area (Å²) in [6.07, 6.45) is -1.07. The average molecular weight is 439 g/mol. The Bertz CT molecular complexity index is 996. The first-order chi connectivity index (χ1) is 13.6. The smallest absolute Gasteiger partial charge is 0.321 e. The predicted molar refractivity (Wildman–Crippen MR) is 108 cm³/mol. The Morgan fingerprint density at radius 1 is 1.10 bits per heavy atom. The van der Waals surface area contributed by atoms with Crippen LogP contribution >= 0.6 is 11.3 Å². The van der Waals surface area contributed by atoms with Gasteiger partial charge in [0.1, 0.15) is 6.54 Å². The first-order valence-corrected chi connectivity index (χ1v) is 11.0. The number of rotatable bonds is 9. The monoisotopic (exact) mass is 438 g/mol. The SMILES string of the molecule is CC(=O)NCc1ccc(C(=O)C(C)OC(=O)CNS(=O)(=O)c2ccc(C)cc2)s1. The lowest BCUT2D eigenvalue weighted by atomic mass is 10.2. The van der Waals surface area contributed by atoms with Gasteiger partial charge in [0.15, 0.2) is 6.10 Å². The molecule has 0 aliphatic carbocycles. The van der Waals surface area contributed by atoms with E-state index in [0.29, 0.717) is 11.4 Å². The van der Waals surface area contributed by atoms with Crippen molar-refractivity contribution < 1.29 is 27.5 Å². The Hall–Kier alpha value is -2.56. The summed E-state index contributed by atoms with van der Waals surface area (Å²) < 4.78 is 31.6. The molecule has 2 N–H and O–H groups in total. The van der Waals surface area contributed by atoms with Crippen molar-refractivity contribution in [2.75, 3.05) is 6.54 Å². The fourth-order valence-electron chi connectivity index (χ4n) is 2.26. The molecule has 0 aliphatic heterocycles. The van der Waals surface area contributed by atoms with E-state index >= 15 is 0 Å². The maximum Gasteiger partial charge on any atom is 0.321 e. The lowest BCUT2D eigenvalue weighted by Crippen LogP contribution is -2.34. The van der Waals surface area contributed by atoms with Gasteiger partial charge in [0.25, 0.3) is 0 Å². The third-order valence-corrected chi connectivity index (χ3v) is 6.35. The van der Waals surface area contributed by atoms with Gasteiger partial charge in [0.2, 0.25) is 21.7 Å². The van der Waals surface area contributed by atoms with Crippen molar-refractivity contribution in [3.8, 4) is 0 Å². The number of ether oxygens (including phenoxy) is 1. The van der Waals surface area contributed by atoms with Crippen LogP contribution in [0.2, 0.25) is 0 Å². The van der Waals surface area contributed by atoms with Gasteiger partial charge in [-0.3, -0.25) is 14.4 Å². The van der Waals surface area contributed by atoms with E-state index in [1.807, 2.05) is 6.92 Å². The van der Waals surface area contributed by atoms with Crippen molar-refractivity contribution in [3.63, 3.8) is 0 Å². The molecule has 156 valence electrons. The molecule has 0 spiro atoms. The molecule has 1 amide bonds. The third-order valence-electron chi connectivity index (χ3n) is 3.83. The molecule has 0 fully saturated rings. The molecule has 29 heavy (non-hydrogen) atoms. The number of hydrogen-bond donors (Lipinski definition) is 2. The van der Waals surface area contributed by atoms with Gasteiger partial charge < -0.3 is 10.1 Å². The number of Topliss-reactive ketones (excluding diaryl/α,β-unsaturated/α-hetero) is 1. The summed E-state index contributed by atoms with van der Waals surface area (Å²) in [4.78, 5) is 36.5. The topological polar surface area (TPSA) is 119 Å². The Balaban J connectivity index is 1.89. The maximum atomic E-state index is 12.4. The molecule has 1 aromatic carbocycles. The fraction of sp³-hybridized carbons (Fsp3) is 0.316. The second kappa shape index (κ2) is 9.77. The molecular formula is C19H22N2O6S2. The van der Waals surface area contributed by atoms with Crippen LogP contribution in [0.15, 0.2) is 41.3 Å². The van der Waals surface area contributed by atoms with Crippen LogP contribution in [0.25, 0.3) is 0 Å². The molecular weight excluding hydrogens is 416 g/mol. The maximum absolute atomic E-state index is 12.4. The zero-order valence-electron chi connectivity index (χ0n) is 16.2. The molecule has 0 radical (unpaired) electrons. The lowest BCUT2D eigenvalue weighted by Gasteiger charge is -2.12. The van der Waals surface area contributed by atoms with Crippen LogP contribution in [0, 0.1) is 6.92 Å². The minimum absolute atomic E-state index is 0.0327. The number of thiophene rings is 1. The van der Waals surface area contributed by atoms with Crippen LogP contribution in [-0.4, -0.2) is 38.7 Å². The largest absolute Gasteiger partial charge is 0.453 e. The fourth-order valence-corrected chi connectivity index (χ4v) is 4.20. The molecule has 0 aliphatic rings. The van der Waals surface area contributed by atoms with Gasteiger partial charge in [-0.15, -0.1) is 11.3 Å². The summed E-state index contributed by atoms with van der Waals surface area (Å²) in [6.45, 7) is 4.36. The molecule has 10 heteroatoms. The molecule has 1 aromatic heterocycles. The van der Waals surface area contributed by atoms with Gasteiger partial charge in [-0.25, -0.2) is 8.42 Å². The van der Waals surface area contributed by atoms with Gasteiger partial charge >= 0.3 is 5.97 Å². The highest BCUT2D eigenvalue weighted by Gasteiger charge is 2.22. The number of nitrogens with one attached hydrogen (secondary N) is 2. The van der Waals surface area contributed by atoms with E-state index in [0.717, 1.165) is 10.4 Å². The number of esters is 1. The number of amides is 1. The third kappa shape index (κ3) is 6.77. The number of ketones is 1. The highest BCUT2D eigenvalue weighted by molar-refractivity contribution is 7.89. The summed E-state index contributed by atoms with van der Waals surface area (Å²) in [5, 5.41) is 2.63. The molecule has 8 nitrogen and oxygen atoms in total. The molecule has 0 bridgehead atoms. The minimum Gasteiger partial charge on any atom is -0.453 e. The zero-order chi connectivity index (χ0) is 21.6. The highest BCUT2D eigenvalue weighted by Crippen LogP contribution is 2.19. The first-order valence-electron chi connectivity index (χ1n) is 8.71. The Labute approximate surface area is 173 Å². The first kappa shape index (κ1) is 22.7. The van der Waals surface area contributed by atoms with Gasteiger partial charge in [0.05, 0.1) is 16.3 Å². The van der Waals surface area contributed by atoms with Crippen molar-refractivity contribution in [1.82, 2.24) is 10.0 Å². The number of carbonyl (C=O) groups is 3. The van der Waals surface area contributed by atoms with Crippen molar-refractivity contribution in [2.45, 2.75) is 38.3 Å². The predicted octanol–water partition coefficient (Wildman–Crippen LogP) is 1.79. The molecule has 0 saturated heterocycles. The lowest BCUT2D eigenvalue weighted by molar-refractivity contribution is -0.144. The van der Waals surface area contributed by atoms with Gasteiger partial charge in [-0.2, -0.15) is 4.72 Å². The van der Waals surface area contributed by atoms with Crippen LogP contribution in [-0.2, 0) is 30.9 Å². The van der Waals surface area contributed by atoms with E-state index in [-0.39, 0.29) is 10.8 Å². The van der Waals surface area contributed by atoms with Crippen molar-refractivity contribution in [2.24, 2.45) is 0 Å². The van der Waals surface area contributed by atoms with Gasteiger partial charge in [-0.1, -0.05) is 17.7 Å². The van der Waals surface area contributed by atoms with E-state index in [2.05, 4.69) is 10.0 Å². The number of carbonyl (C=O) groups excluding carboxylic acids is 3. The van der Waals surface area contributed by atoms with Crippen molar-refractivity contribution in [3.05, 3.63) is 51.7 Å². The van der Waals surface area contributed by atoms with Crippen LogP contribution < -0.4 is 10.0 Å². The van der Waals surface area contributed by atoms with Crippen LogP contribution in [0.1, 0.15) is 34.0 Å². The Morgan fingerprint density at radius 3 is 2.38 bits per heavy atom. The van der Waals surface area contributed by atoms with Crippen LogP contribution in [0.5, 0.6) is 0 Å². The quantitative estimate of drug-likeness (QED) is 0.455. The second-order valence-corrected chi connectivity index (χ2v) is 9.24. The van der Waals surface area contributed by atoms with E-state index in [9.17, 15) is 22.8 Å². The summed E-state index contributed by atoms with van der Waals surface area (Å²) in [5.41, 5.74) is 0.907. The van der Waals surface area contributed by atoms with Crippen LogP contribution in [0.4, 0.5) is 0 Å². The van der Waals surface area contributed by atoms with E-state index in [1.165, 1.54) is 37.3 Å². The highest BCUT2D eigenvalue weighted by atomic mass is 32.2. The Kier molecular flexibility index (Phi) is 7.66. The van der Waals surface area contributed by atoms with Gasteiger partial charge in [0, 0.05) is 11.8 Å². The van der Waals surface area contributed by atoms with Gasteiger partial charge in [-0.05, 0) is 38.1 Å². The number of benzene rings is 1. The van der Waals surface area contributed by atoms with E-state index in [1.54, 1.807) is 24.3 Å². The van der Waals surface area contributed by atoms with E-state index < -0.39 is 34.4 Å². The van der Waals surface area contributed by atoms with Crippen molar-refractivity contribution in [1.29, 1.82) is 0 Å². The summed E-state index contributed by atoms with van der Waals surface area (Å²) >= 11 is 1.19. The number of hydrogen-bond acceptors (Lipinski definition) is 7. The molecule has 0 saturated carbocycles. The molecule has 1 atom stereocenters. The summed E-state index contributed by atoms with van der Waals surface area (Å²) in [7, 11) is -3.86. The standard InChI is InChI=1S/C19H22N2O6S2/c1-12-4-7-16(8-5-12)29(25,26)21-11-18(23)27-13(2)19(24)17-9-6-15(28-17)10-20-14(3)22/h4-9,13,21H,10-11H2,1-3H3,(H,20,22). The summed E-state index contributed by atoms with van der Waals surface area (Å²) in [6, 6.07) is 9.46. The molecule has 1 heterocycles. The van der Waals surface area contributed by atoms with Crippen molar-refractivity contribution >= 4 is 39.0 Å². The summed E-state index contributed by atoms with van der Waals surface area (Å²) in [5.74, 6) is -1.45. The minimum atomic E-state index is -3.86. The molecule has 1 unspecified atom stereocenters. The molecule has 2 rings (SSSR count). The average Bonchev–Trinajstić information content (AvgIpc) is 3.13. The number of sulfonamides is 1.